The average Bonchev–Trinajstić information content (AvgIpc) is 2.36. The molecule has 0 saturated heterocycles. The summed E-state index contributed by atoms with van der Waals surface area (Å²) in [4.78, 5) is 21.6. The number of nitrogens with one attached hydrogen (secondary N) is 1. The van der Waals surface area contributed by atoms with Crippen molar-refractivity contribution in [3.05, 3.63) is 0 Å². The third-order valence-electron chi connectivity index (χ3n) is 3.22. The summed E-state index contributed by atoms with van der Waals surface area (Å²) in [5.41, 5.74) is 0. The zero-order valence-corrected chi connectivity index (χ0v) is 14.1. The molecule has 0 aliphatic carbocycles. The van der Waals surface area contributed by atoms with Gasteiger partial charge in [0.05, 0.1) is 12.3 Å². The standard InChI is InChI=1S/C14H32N4O2/c1-8-11-15-14(19)20-18(12(9-2)16(4)5)13(10-3)17(6)7/h12-13H,8-11H2,1-7H3,(H,15,19). The van der Waals surface area contributed by atoms with E-state index in [9.17, 15) is 4.79 Å². The average molecular weight is 288 g/mol. The molecule has 2 unspecified atom stereocenters. The molecule has 0 saturated carbocycles. The molecule has 6 heteroatoms. The predicted octanol–water partition coefficient (Wildman–Crippen LogP) is 1.93. The molecule has 0 radical (unpaired) electrons. The van der Waals surface area contributed by atoms with Gasteiger partial charge in [-0.2, -0.15) is 0 Å². The Labute approximate surface area is 124 Å². The Morgan fingerprint density at radius 3 is 1.75 bits per heavy atom. The summed E-state index contributed by atoms with van der Waals surface area (Å²) in [7, 11) is 7.99. The number of carbonyl (C=O) groups excluding carboxylic acids is 1. The van der Waals surface area contributed by atoms with Gasteiger partial charge in [-0.05, 0) is 47.5 Å². The van der Waals surface area contributed by atoms with Crippen molar-refractivity contribution in [1.29, 1.82) is 0 Å². The van der Waals surface area contributed by atoms with Crippen LogP contribution in [0, 0.1) is 0 Å². The van der Waals surface area contributed by atoms with Crippen LogP contribution in [0.5, 0.6) is 0 Å². The minimum atomic E-state index is -0.382. The largest absolute Gasteiger partial charge is 0.426 e. The summed E-state index contributed by atoms with van der Waals surface area (Å²) >= 11 is 0. The van der Waals surface area contributed by atoms with Gasteiger partial charge in [0.15, 0.2) is 0 Å². The molecule has 20 heavy (non-hydrogen) atoms. The fraction of sp³-hybridized carbons (Fsp3) is 0.929. The zero-order valence-electron chi connectivity index (χ0n) is 14.1. The normalized spacial score (nSPS) is 14.7. The highest BCUT2D eigenvalue weighted by Crippen LogP contribution is 2.16. The second-order valence-electron chi connectivity index (χ2n) is 5.37. The smallest absolute Gasteiger partial charge is 0.348 e. The highest BCUT2D eigenvalue weighted by Gasteiger charge is 2.30. The van der Waals surface area contributed by atoms with Gasteiger partial charge in [-0.3, -0.25) is 9.80 Å². The second kappa shape index (κ2) is 9.96. The third kappa shape index (κ3) is 6.07. The lowest BCUT2D eigenvalue weighted by Gasteiger charge is -2.40. The van der Waals surface area contributed by atoms with E-state index in [1.165, 1.54) is 0 Å². The van der Waals surface area contributed by atoms with E-state index in [0.717, 1.165) is 19.3 Å². The highest BCUT2D eigenvalue weighted by molar-refractivity contribution is 5.66. The quantitative estimate of drug-likeness (QED) is 0.519. The number of hydrogen-bond acceptors (Lipinski definition) is 5. The van der Waals surface area contributed by atoms with E-state index in [0.29, 0.717) is 6.54 Å². The first-order valence-corrected chi connectivity index (χ1v) is 7.45. The van der Waals surface area contributed by atoms with Gasteiger partial charge in [-0.25, -0.2) is 4.79 Å². The molecule has 1 N–H and O–H groups in total. The molecule has 0 heterocycles. The minimum Gasteiger partial charge on any atom is -0.348 e. The molecule has 0 aliphatic heterocycles. The van der Waals surface area contributed by atoms with Gasteiger partial charge in [0, 0.05) is 6.54 Å². The Bertz CT molecular complexity index is 256. The van der Waals surface area contributed by atoms with Crippen LogP contribution >= 0.6 is 0 Å². The molecule has 0 aromatic carbocycles. The van der Waals surface area contributed by atoms with Gasteiger partial charge in [-0.15, -0.1) is 5.06 Å². The fourth-order valence-electron chi connectivity index (χ4n) is 2.22. The number of hydroxylamine groups is 2. The maximum Gasteiger partial charge on any atom is 0.426 e. The van der Waals surface area contributed by atoms with Gasteiger partial charge >= 0.3 is 6.09 Å². The van der Waals surface area contributed by atoms with E-state index in [1.807, 2.05) is 35.1 Å². The van der Waals surface area contributed by atoms with E-state index >= 15 is 0 Å². The molecule has 0 aromatic heterocycles. The molecule has 0 spiro atoms. The van der Waals surface area contributed by atoms with Crippen molar-refractivity contribution >= 4 is 6.09 Å². The van der Waals surface area contributed by atoms with Gasteiger partial charge in [-0.1, -0.05) is 20.8 Å². The van der Waals surface area contributed by atoms with Gasteiger partial charge in [0.25, 0.3) is 0 Å². The van der Waals surface area contributed by atoms with Gasteiger partial charge in [0.2, 0.25) is 0 Å². The summed E-state index contributed by atoms with van der Waals surface area (Å²) < 4.78 is 0. The SMILES string of the molecule is CCCNC(=O)ON(C(CC)N(C)C)C(CC)N(C)C. The lowest BCUT2D eigenvalue weighted by molar-refractivity contribution is -0.219. The van der Waals surface area contributed by atoms with E-state index in [-0.39, 0.29) is 18.4 Å². The summed E-state index contributed by atoms with van der Waals surface area (Å²) in [6.45, 7) is 6.83. The maximum atomic E-state index is 11.9. The Hall–Kier alpha value is -0.850. The predicted molar refractivity (Wildman–Crippen MR) is 82.1 cm³/mol. The molecule has 120 valence electrons. The molecular formula is C14H32N4O2. The summed E-state index contributed by atoms with van der Waals surface area (Å²) in [5.74, 6) is 0. The van der Waals surface area contributed by atoms with E-state index in [1.54, 1.807) is 5.06 Å². The highest BCUT2D eigenvalue weighted by atomic mass is 16.7. The van der Waals surface area contributed by atoms with Crippen LogP contribution in [0.2, 0.25) is 0 Å². The van der Waals surface area contributed by atoms with E-state index in [2.05, 4.69) is 29.0 Å². The van der Waals surface area contributed by atoms with Gasteiger partial charge < -0.3 is 10.2 Å². The van der Waals surface area contributed by atoms with E-state index in [4.69, 9.17) is 4.84 Å². The Morgan fingerprint density at radius 1 is 1.00 bits per heavy atom. The summed E-state index contributed by atoms with van der Waals surface area (Å²) in [6, 6.07) is 0. The molecule has 0 fully saturated rings. The molecule has 0 bridgehead atoms. The van der Waals surface area contributed by atoms with Crippen molar-refractivity contribution in [1.82, 2.24) is 20.2 Å². The molecule has 6 nitrogen and oxygen atoms in total. The first-order chi connectivity index (χ1) is 9.38. The number of amides is 1. The first-order valence-electron chi connectivity index (χ1n) is 7.45. The maximum absolute atomic E-state index is 11.9. The number of nitrogens with zero attached hydrogens (tertiary/aromatic N) is 3. The second-order valence-corrected chi connectivity index (χ2v) is 5.37. The number of hydrogen-bond donors (Lipinski definition) is 1. The van der Waals surface area contributed by atoms with Crippen molar-refractivity contribution in [2.45, 2.75) is 52.4 Å². The lowest BCUT2D eigenvalue weighted by Crippen LogP contribution is -2.55. The fourth-order valence-corrected chi connectivity index (χ4v) is 2.22. The van der Waals surface area contributed by atoms with Crippen LogP contribution in [0.25, 0.3) is 0 Å². The van der Waals surface area contributed by atoms with Crippen molar-refractivity contribution in [3.63, 3.8) is 0 Å². The molecule has 0 aromatic rings. The Balaban J connectivity index is 4.99. The van der Waals surface area contributed by atoms with Crippen LogP contribution in [-0.2, 0) is 4.84 Å². The van der Waals surface area contributed by atoms with Crippen LogP contribution in [-0.4, -0.2) is 68.0 Å². The van der Waals surface area contributed by atoms with E-state index < -0.39 is 0 Å². The molecule has 2 atom stereocenters. The summed E-state index contributed by atoms with van der Waals surface area (Å²) in [5, 5.41) is 4.56. The number of carbonyl (C=O) groups is 1. The molecule has 0 aliphatic rings. The minimum absolute atomic E-state index is 0.0507. The molecule has 1 amide bonds. The van der Waals surface area contributed by atoms with Crippen LogP contribution < -0.4 is 5.32 Å². The topological polar surface area (TPSA) is 48.1 Å². The van der Waals surface area contributed by atoms with Crippen LogP contribution in [0.1, 0.15) is 40.0 Å². The Kier molecular flexibility index (Phi) is 9.54. The third-order valence-corrected chi connectivity index (χ3v) is 3.22. The van der Waals surface area contributed by atoms with Gasteiger partial charge in [0.1, 0.15) is 0 Å². The number of rotatable bonds is 9. The first kappa shape index (κ1) is 19.1. The molecule has 0 rings (SSSR count). The Morgan fingerprint density at radius 2 is 1.45 bits per heavy atom. The molecular weight excluding hydrogens is 256 g/mol. The monoisotopic (exact) mass is 288 g/mol. The summed E-state index contributed by atoms with van der Waals surface area (Å²) in [6.07, 6.45) is 2.36. The van der Waals surface area contributed by atoms with Crippen molar-refractivity contribution in [2.75, 3.05) is 34.7 Å². The van der Waals surface area contributed by atoms with Crippen LogP contribution in [0.15, 0.2) is 0 Å². The van der Waals surface area contributed by atoms with Crippen LogP contribution in [0.3, 0.4) is 0 Å². The zero-order chi connectivity index (χ0) is 15.7. The van der Waals surface area contributed by atoms with Crippen molar-refractivity contribution in [3.8, 4) is 0 Å². The van der Waals surface area contributed by atoms with Crippen molar-refractivity contribution < 1.29 is 9.63 Å². The van der Waals surface area contributed by atoms with Crippen LogP contribution in [0.4, 0.5) is 4.79 Å². The lowest BCUT2D eigenvalue weighted by atomic mass is 10.2. The van der Waals surface area contributed by atoms with Crippen molar-refractivity contribution in [2.24, 2.45) is 0 Å².